The van der Waals surface area contributed by atoms with Crippen LogP contribution in [0.15, 0.2) is 24.3 Å². The van der Waals surface area contributed by atoms with Crippen molar-refractivity contribution in [3.8, 4) is 0 Å². The standard InChI is InChI=1S/C14H19FN2OS/c1-10(12-2-4-13(15)5-3-12)17-14(18)9-19-8-11-6-16-7-11/h2-5,10-11,16H,6-9H2,1H3,(H,17,18). The zero-order valence-corrected chi connectivity index (χ0v) is 11.8. The predicted molar refractivity (Wildman–Crippen MR) is 76.6 cm³/mol. The van der Waals surface area contributed by atoms with Crippen molar-refractivity contribution in [2.75, 3.05) is 24.6 Å². The fourth-order valence-electron chi connectivity index (χ4n) is 1.90. The van der Waals surface area contributed by atoms with Crippen molar-refractivity contribution in [1.29, 1.82) is 0 Å². The molecule has 2 N–H and O–H groups in total. The van der Waals surface area contributed by atoms with E-state index in [1.54, 1.807) is 23.9 Å². The molecule has 104 valence electrons. The molecular formula is C14H19FN2OS. The molecule has 1 atom stereocenters. The van der Waals surface area contributed by atoms with Crippen LogP contribution in [0.3, 0.4) is 0 Å². The summed E-state index contributed by atoms with van der Waals surface area (Å²) in [5.41, 5.74) is 0.919. The fourth-order valence-corrected chi connectivity index (χ4v) is 2.86. The Bertz CT molecular complexity index is 420. The van der Waals surface area contributed by atoms with Gasteiger partial charge in [0.15, 0.2) is 0 Å². The minimum atomic E-state index is -0.257. The molecule has 2 rings (SSSR count). The van der Waals surface area contributed by atoms with E-state index < -0.39 is 0 Å². The van der Waals surface area contributed by atoms with E-state index in [2.05, 4.69) is 10.6 Å². The SMILES string of the molecule is CC(NC(=O)CSCC1CNC1)c1ccc(F)cc1. The molecule has 1 aliphatic heterocycles. The number of thioether (sulfide) groups is 1. The lowest BCUT2D eigenvalue weighted by Gasteiger charge is -2.26. The second kappa shape index (κ2) is 6.91. The van der Waals surface area contributed by atoms with Crippen LogP contribution in [0.1, 0.15) is 18.5 Å². The molecule has 1 fully saturated rings. The third-order valence-corrected chi connectivity index (χ3v) is 4.37. The van der Waals surface area contributed by atoms with Crippen molar-refractivity contribution in [2.45, 2.75) is 13.0 Å². The number of carbonyl (C=O) groups excluding carboxylic acids is 1. The van der Waals surface area contributed by atoms with Crippen LogP contribution in [0.2, 0.25) is 0 Å². The molecule has 19 heavy (non-hydrogen) atoms. The van der Waals surface area contributed by atoms with Gasteiger partial charge in [-0.25, -0.2) is 4.39 Å². The lowest BCUT2D eigenvalue weighted by Crippen LogP contribution is -2.43. The maximum absolute atomic E-state index is 12.8. The van der Waals surface area contributed by atoms with Crippen LogP contribution in [-0.2, 0) is 4.79 Å². The van der Waals surface area contributed by atoms with E-state index in [0.717, 1.165) is 24.4 Å². The van der Waals surface area contributed by atoms with Gasteiger partial charge < -0.3 is 10.6 Å². The number of hydrogen-bond donors (Lipinski definition) is 2. The number of nitrogens with one attached hydrogen (secondary N) is 2. The van der Waals surface area contributed by atoms with Gasteiger partial charge in [0.1, 0.15) is 5.82 Å². The van der Waals surface area contributed by atoms with Gasteiger partial charge in [-0.15, -0.1) is 0 Å². The van der Waals surface area contributed by atoms with Crippen LogP contribution >= 0.6 is 11.8 Å². The molecule has 5 heteroatoms. The molecule has 1 amide bonds. The van der Waals surface area contributed by atoms with Crippen LogP contribution in [0.5, 0.6) is 0 Å². The highest BCUT2D eigenvalue weighted by atomic mass is 32.2. The van der Waals surface area contributed by atoms with Crippen LogP contribution in [0.25, 0.3) is 0 Å². The van der Waals surface area contributed by atoms with Gasteiger partial charge in [-0.3, -0.25) is 4.79 Å². The molecule has 0 bridgehead atoms. The molecule has 0 radical (unpaired) electrons. The summed E-state index contributed by atoms with van der Waals surface area (Å²) < 4.78 is 12.8. The molecule has 0 spiro atoms. The van der Waals surface area contributed by atoms with Crippen molar-refractivity contribution in [3.63, 3.8) is 0 Å². The molecule has 3 nitrogen and oxygen atoms in total. The highest BCUT2D eigenvalue weighted by Gasteiger charge is 2.17. The molecule has 1 unspecified atom stereocenters. The van der Waals surface area contributed by atoms with Crippen LogP contribution < -0.4 is 10.6 Å². The van der Waals surface area contributed by atoms with Gasteiger partial charge in [0.05, 0.1) is 11.8 Å². The Morgan fingerprint density at radius 2 is 2.16 bits per heavy atom. The molecule has 0 aliphatic carbocycles. The minimum Gasteiger partial charge on any atom is -0.349 e. The van der Waals surface area contributed by atoms with Crippen LogP contribution in [0.4, 0.5) is 4.39 Å². The highest BCUT2D eigenvalue weighted by molar-refractivity contribution is 7.99. The predicted octanol–water partition coefficient (Wildman–Crippen LogP) is 1.96. The number of carbonyl (C=O) groups is 1. The summed E-state index contributed by atoms with van der Waals surface area (Å²) in [5.74, 6) is 2.02. The minimum absolute atomic E-state index is 0.0362. The monoisotopic (exact) mass is 282 g/mol. The summed E-state index contributed by atoms with van der Waals surface area (Å²) in [6.07, 6.45) is 0. The molecule has 1 aromatic rings. The average Bonchev–Trinajstić information content (AvgIpc) is 2.33. The van der Waals surface area contributed by atoms with E-state index in [1.165, 1.54) is 12.1 Å². The number of benzene rings is 1. The van der Waals surface area contributed by atoms with E-state index in [0.29, 0.717) is 11.7 Å². The summed E-state index contributed by atoms with van der Waals surface area (Å²) in [6.45, 7) is 4.05. The van der Waals surface area contributed by atoms with E-state index >= 15 is 0 Å². The van der Waals surface area contributed by atoms with E-state index in [1.807, 2.05) is 6.92 Å². The zero-order chi connectivity index (χ0) is 13.7. The van der Waals surface area contributed by atoms with Crippen LogP contribution in [-0.4, -0.2) is 30.5 Å². The van der Waals surface area contributed by atoms with Crippen molar-refractivity contribution in [3.05, 3.63) is 35.6 Å². The Morgan fingerprint density at radius 1 is 1.47 bits per heavy atom. The zero-order valence-electron chi connectivity index (χ0n) is 11.0. The number of amides is 1. The summed E-state index contributed by atoms with van der Waals surface area (Å²) in [5, 5.41) is 6.14. The quantitative estimate of drug-likeness (QED) is 0.838. The first-order chi connectivity index (χ1) is 9.15. The first kappa shape index (κ1) is 14.3. The first-order valence-electron chi connectivity index (χ1n) is 6.48. The molecule has 1 heterocycles. The maximum Gasteiger partial charge on any atom is 0.230 e. The Kier molecular flexibility index (Phi) is 5.22. The second-order valence-electron chi connectivity index (χ2n) is 4.88. The Morgan fingerprint density at radius 3 is 2.74 bits per heavy atom. The van der Waals surface area contributed by atoms with Crippen molar-refractivity contribution >= 4 is 17.7 Å². The number of hydrogen-bond acceptors (Lipinski definition) is 3. The highest BCUT2D eigenvalue weighted by Crippen LogP contribution is 2.15. The number of halogens is 1. The smallest absolute Gasteiger partial charge is 0.230 e. The van der Waals surface area contributed by atoms with E-state index in [4.69, 9.17) is 0 Å². The van der Waals surface area contributed by atoms with E-state index in [-0.39, 0.29) is 17.8 Å². The maximum atomic E-state index is 12.8. The van der Waals surface area contributed by atoms with Crippen molar-refractivity contribution in [2.24, 2.45) is 5.92 Å². The van der Waals surface area contributed by atoms with Crippen molar-refractivity contribution in [1.82, 2.24) is 10.6 Å². The van der Waals surface area contributed by atoms with Gasteiger partial charge in [-0.1, -0.05) is 12.1 Å². The second-order valence-corrected chi connectivity index (χ2v) is 5.91. The van der Waals surface area contributed by atoms with Gasteiger partial charge in [-0.05, 0) is 49.4 Å². The molecule has 0 saturated carbocycles. The summed E-state index contributed by atoms with van der Waals surface area (Å²) in [7, 11) is 0. The summed E-state index contributed by atoms with van der Waals surface area (Å²) >= 11 is 1.67. The summed E-state index contributed by atoms with van der Waals surface area (Å²) in [4.78, 5) is 11.8. The fraction of sp³-hybridized carbons (Fsp3) is 0.500. The molecule has 1 saturated heterocycles. The van der Waals surface area contributed by atoms with Gasteiger partial charge in [0.2, 0.25) is 5.91 Å². The third-order valence-electron chi connectivity index (χ3n) is 3.20. The van der Waals surface area contributed by atoms with Gasteiger partial charge in [0.25, 0.3) is 0 Å². The third kappa shape index (κ3) is 4.51. The molecule has 1 aliphatic rings. The lowest BCUT2D eigenvalue weighted by atomic mass is 10.1. The Balaban J connectivity index is 1.70. The lowest BCUT2D eigenvalue weighted by molar-refractivity contribution is -0.119. The van der Waals surface area contributed by atoms with Crippen LogP contribution in [0, 0.1) is 11.7 Å². The molecular weight excluding hydrogens is 263 g/mol. The van der Waals surface area contributed by atoms with Gasteiger partial charge in [-0.2, -0.15) is 11.8 Å². The Labute approximate surface area is 117 Å². The first-order valence-corrected chi connectivity index (χ1v) is 7.64. The number of rotatable bonds is 6. The summed E-state index contributed by atoms with van der Waals surface area (Å²) in [6, 6.07) is 6.15. The largest absolute Gasteiger partial charge is 0.349 e. The topological polar surface area (TPSA) is 41.1 Å². The van der Waals surface area contributed by atoms with Gasteiger partial charge >= 0.3 is 0 Å². The average molecular weight is 282 g/mol. The molecule has 1 aromatic carbocycles. The Hall–Kier alpha value is -1.07. The molecule has 0 aromatic heterocycles. The normalized spacial score (nSPS) is 16.7. The van der Waals surface area contributed by atoms with Crippen molar-refractivity contribution < 1.29 is 9.18 Å². The van der Waals surface area contributed by atoms with Gasteiger partial charge in [0, 0.05) is 0 Å². The van der Waals surface area contributed by atoms with E-state index in [9.17, 15) is 9.18 Å².